The van der Waals surface area contributed by atoms with Crippen LogP contribution in [0.1, 0.15) is 37.7 Å². The van der Waals surface area contributed by atoms with Gasteiger partial charge in [-0.05, 0) is 37.1 Å². The minimum Gasteiger partial charge on any atom is -0.496 e. The fourth-order valence-corrected chi connectivity index (χ4v) is 3.29. The molecule has 0 aromatic heterocycles. The van der Waals surface area contributed by atoms with Crippen molar-refractivity contribution in [3.8, 4) is 5.75 Å². The van der Waals surface area contributed by atoms with E-state index in [2.05, 4.69) is 20.9 Å². The molecule has 0 atom stereocenters. The Hall–Kier alpha value is -1.62. The first-order chi connectivity index (χ1) is 10.7. The molecule has 1 aliphatic heterocycles. The van der Waals surface area contributed by atoms with Gasteiger partial charge in [-0.15, -0.1) is 0 Å². The van der Waals surface area contributed by atoms with E-state index in [0.717, 1.165) is 22.9 Å². The van der Waals surface area contributed by atoms with Crippen molar-refractivity contribution < 1.29 is 14.3 Å². The second kappa shape index (κ2) is 6.65. The summed E-state index contributed by atoms with van der Waals surface area (Å²) in [6, 6.07) is 5.64. The van der Waals surface area contributed by atoms with Crippen LogP contribution in [-0.4, -0.2) is 19.0 Å². The van der Waals surface area contributed by atoms with E-state index in [1.807, 2.05) is 18.2 Å². The summed E-state index contributed by atoms with van der Waals surface area (Å²) in [7, 11) is 1.61. The number of carbonyl (C=O) groups is 1. The van der Waals surface area contributed by atoms with Gasteiger partial charge < -0.3 is 9.47 Å². The first-order valence-corrected chi connectivity index (χ1v) is 8.32. The summed E-state index contributed by atoms with van der Waals surface area (Å²) in [4.78, 5) is 16.5. The fraction of sp³-hybridized carbons (Fsp3) is 0.412. The molecule has 1 aliphatic carbocycles. The third-order valence-electron chi connectivity index (χ3n) is 4.08. The van der Waals surface area contributed by atoms with Gasteiger partial charge in [0, 0.05) is 16.0 Å². The summed E-state index contributed by atoms with van der Waals surface area (Å²) < 4.78 is 11.6. The van der Waals surface area contributed by atoms with Gasteiger partial charge in [-0.2, -0.15) is 0 Å². The number of nitrogens with zero attached hydrogens (tertiary/aromatic N) is 1. The second-order valence-corrected chi connectivity index (χ2v) is 6.51. The molecule has 0 bridgehead atoms. The molecule has 1 fully saturated rings. The molecule has 0 saturated heterocycles. The van der Waals surface area contributed by atoms with Crippen LogP contribution in [0.2, 0.25) is 0 Å². The summed E-state index contributed by atoms with van der Waals surface area (Å²) in [5.41, 5.74) is 1.15. The highest BCUT2D eigenvalue weighted by atomic mass is 79.9. The highest BCUT2D eigenvalue weighted by Crippen LogP contribution is 2.31. The topological polar surface area (TPSA) is 47.9 Å². The smallest absolute Gasteiger partial charge is 0.363 e. The predicted octanol–water partition coefficient (Wildman–Crippen LogP) is 4.33. The van der Waals surface area contributed by atoms with Gasteiger partial charge in [-0.1, -0.05) is 35.2 Å². The maximum absolute atomic E-state index is 12.1. The Morgan fingerprint density at radius 2 is 2.09 bits per heavy atom. The van der Waals surface area contributed by atoms with Crippen molar-refractivity contribution in [1.29, 1.82) is 0 Å². The van der Waals surface area contributed by atoms with Crippen LogP contribution in [0.5, 0.6) is 5.75 Å². The molecule has 1 aromatic carbocycles. The van der Waals surface area contributed by atoms with Gasteiger partial charge in [0.05, 0.1) is 7.11 Å². The number of rotatable bonds is 3. The van der Waals surface area contributed by atoms with E-state index >= 15 is 0 Å². The zero-order valence-corrected chi connectivity index (χ0v) is 14.1. The molecule has 0 unspecified atom stereocenters. The van der Waals surface area contributed by atoms with Crippen molar-refractivity contribution in [2.24, 2.45) is 10.9 Å². The molecule has 1 saturated carbocycles. The fourth-order valence-electron chi connectivity index (χ4n) is 2.92. The molecule has 1 aromatic rings. The number of esters is 1. The number of carbonyl (C=O) groups excluding carboxylic acids is 1. The van der Waals surface area contributed by atoms with Gasteiger partial charge in [0.1, 0.15) is 5.75 Å². The molecular formula is C17H18BrNO3. The van der Waals surface area contributed by atoms with Crippen LogP contribution in [-0.2, 0) is 9.53 Å². The molecule has 5 heteroatoms. The highest BCUT2D eigenvalue weighted by molar-refractivity contribution is 9.10. The molecule has 116 valence electrons. The number of halogens is 1. The molecule has 0 spiro atoms. The first-order valence-electron chi connectivity index (χ1n) is 7.53. The monoisotopic (exact) mass is 363 g/mol. The Morgan fingerprint density at radius 3 is 2.82 bits per heavy atom. The predicted molar refractivity (Wildman–Crippen MR) is 88.8 cm³/mol. The Morgan fingerprint density at radius 1 is 1.32 bits per heavy atom. The quantitative estimate of drug-likeness (QED) is 0.592. The second-order valence-electron chi connectivity index (χ2n) is 5.59. The van der Waals surface area contributed by atoms with Gasteiger partial charge in [0.15, 0.2) is 5.70 Å². The average Bonchev–Trinajstić information content (AvgIpc) is 2.90. The van der Waals surface area contributed by atoms with Crippen LogP contribution in [0, 0.1) is 5.92 Å². The third kappa shape index (κ3) is 3.24. The van der Waals surface area contributed by atoms with Crippen LogP contribution in [0.3, 0.4) is 0 Å². The molecule has 3 rings (SSSR count). The zero-order chi connectivity index (χ0) is 15.5. The van der Waals surface area contributed by atoms with Gasteiger partial charge in [-0.25, -0.2) is 9.79 Å². The van der Waals surface area contributed by atoms with E-state index in [4.69, 9.17) is 9.47 Å². The number of benzene rings is 1. The summed E-state index contributed by atoms with van der Waals surface area (Å²) in [5, 5.41) is 0. The summed E-state index contributed by atoms with van der Waals surface area (Å²) in [6.07, 6.45) is 7.45. The molecule has 0 radical (unpaired) electrons. The largest absolute Gasteiger partial charge is 0.496 e. The van der Waals surface area contributed by atoms with E-state index in [0.29, 0.717) is 17.3 Å². The van der Waals surface area contributed by atoms with Gasteiger partial charge >= 0.3 is 5.97 Å². The SMILES string of the molecule is COc1ccc(Br)cc1/C=C1\N=C(C2CCCCC2)OC1=O. The van der Waals surface area contributed by atoms with Crippen molar-refractivity contribution in [3.63, 3.8) is 0 Å². The number of hydrogen-bond acceptors (Lipinski definition) is 4. The van der Waals surface area contributed by atoms with Crippen LogP contribution in [0.4, 0.5) is 0 Å². The summed E-state index contributed by atoms with van der Waals surface area (Å²) >= 11 is 3.43. The van der Waals surface area contributed by atoms with Crippen molar-refractivity contribution >= 4 is 33.9 Å². The molecule has 4 nitrogen and oxygen atoms in total. The maximum Gasteiger partial charge on any atom is 0.363 e. The Labute approximate surface area is 138 Å². The van der Waals surface area contributed by atoms with E-state index in [1.54, 1.807) is 13.2 Å². The Balaban J connectivity index is 1.89. The van der Waals surface area contributed by atoms with Crippen molar-refractivity contribution in [1.82, 2.24) is 0 Å². The van der Waals surface area contributed by atoms with Crippen LogP contribution in [0.25, 0.3) is 6.08 Å². The van der Waals surface area contributed by atoms with E-state index in [9.17, 15) is 4.79 Å². The maximum atomic E-state index is 12.1. The lowest BCUT2D eigenvalue weighted by Crippen LogP contribution is -2.19. The number of cyclic esters (lactones) is 1. The zero-order valence-electron chi connectivity index (χ0n) is 12.5. The normalized spacial score (nSPS) is 20.9. The summed E-state index contributed by atoms with van der Waals surface area (Å²) in [6.45, 7) is 0. The molecular weight excluding hydrogens is 346 g/mol. The minimum absolute atomic E-state index is 0.285. The lowest BCUT2D eigenvalue weighted by atomic mass is 9.89. The number of hydrogen-bond donors (Lipinski definition) is 0. The Kier molecular flexibility index (Phi) is 4.62. The standard InChI is InChI=1S/C17H18BrNO3/c1-21-15-8-7-13(18)9-12(15)10-14-17(20)22-16(19-14)11-5-3-2-4-6-11/h7-11H,2-6H2,1H3/b14-10-. The van der Waals surface area contributed by atoms with E-state index < -0.39 is 0 Å². The number of ether oxygens (including phenoxy) is 2. The van der Waals surface area contributed by atoms with Crippen LogP contribution < -0.4 is 4.74 Å². The number of methoxy groups -OCH3 is 1. The molecule has 2 aliphatic rings. The van der Waals surface area contributed by atoms with Gasteiger partial charge in [0.25, 0.3) is 0 Å². The van der Waals surface area contributed by atoms with Crippen LogP contribution >= 0.6 is 15.9 Å². The van der Waals surface area contributed by atoms with E-state index in [1.165, 1.54) is 19.3 Å². The minimum atomic E-state index is -0.373. The molecule has 0 N–H and O–H groups in total. The van der Waals surface area contributed by atoms with Crippen LogP contribution in [0.15, 0.2) is 33.4 Å². The molecule has 22 heavy (non-hydrogen) atoms. The first kappa shape index (κ1) is 15.3. The molecule has 1 heterocycles. The average molecular weight is 364 g/mol. The molecule has 0 amide bonds. The van der Waals surface area contributed by atoms with Crippen molar-refractivity contribution in [2.45, 2.75) is 32.1 Å². The highest BCUT2D eigenvalue weighted by Gasteiger charge is 2.30. The van der Waals surface area contributed by atoms with Gasteiger partial charge in [-0.3, -0.25) is 0 Å². The lowest BCUT2D eigenvalue weighted by Gasteiger charge is -2.19. The van der Waals surface area contributed by atoms with Crippen molar-refractivity contribution in [2.75, 3.05) is 7.11 Å². The Bertz CT molecular complexity index is 645. The summed E-state index contributed by atoms with van der Waals surface area (Å²) in [5.74, 6) is 1.20. The van der Waals surface area contributed by atoms with Gasteiger partial charge in [0.2, 0.25) is 5.90 Å². The number of aliphatic imine (C=N–C) groups is 1. The third-order valence-corrected chi connectivity index (χ3v) is 4.57. The van der Waals surface area contributed by atoms with E-state index in [-0.39, 0.29) is 11.9 Å². The lowest BCUT2D eigenvalue weighted by molar-refractivity contribution is -0.130. The van der Waals surface area contributed by atoms with Crippen molar-refractivity contribution in [3.05, 3.63) is 33.9 Å².